The van der Waals surface area contributed by atoms with Gasteiger partial charge in [-0.25, -0.2) is 0 Å². The molecule has 1 aromatic carbocycles. The lowest BCUT2D eigenvalue weighted by molar-refractivity contribution is 0.198. The summed E-state index contributed by atoms with van der Waals surface area (Å²) in [5, 5.41) is 14.8. The Balaban J connectivity index is 1.45. The molecule has 0 saturated carbocycles. The van der Waals surface area contributed by atoms with Crippen LogP contribution in [0.15, 0.2) is 34.7 Å². The van der Waals surface area contributed by atoms with Crippen molar-refractivity contribution in [3.8, 4) is 0 Å². The molecule has 1 unspecified atom stereocenters. The Morgan fingerprint density at radius 1 is 1.28 bits per heavy atom. The highest BCUT2D eigenvalue weighted by Gasteiger charge is 2.21. The normalized spacial score (nSPS) is 18.4. The minimum absolute atomic E-state index is 0.340. The quantitative estimate of drug-likeness (QED) is 0.672. The van der Waals surface area contributed by atoms with Crippen LogP contribution in [0.25, 0.3) is 0 Å². The minimum Gasteiger partial charge on any atom is -0.407 e. The van der Waals surface area contributed by atoms with Crippen LogP contribution in [0.2, 0.25) is 0 Å². The predicted molar refractivity (Wildman–Crippen MR) is 96.2 cm³/mol. The zero-order valence-electron chi connectivity index (χ0n) is 14.8. The number of rotatable bonds is 9. The van der Waals surface area contributed by atoms with E-state index in [9.17, 15) is 0 Å². The maximum Gasteiger partial charge on any atom is 0.315 e. The van der Waals surface area contributed by atoms with Gasteiger partial charge >= 0.3 is 6.01 Å². The molecule has 0 spiro atoms. The highest BCUT2D eigenvalue weighted by atomic mass is 16.5. The standard InChI is InChI=1S/C18H27N5O2/c1-24-11-9-19-12-17-21-22-18(25-17)20-16-8-5-10-23(14-16)13-15-6-3-2-4-7-15/h2-4,6-7,16,19H,5,8-14H2,1H3,(H,20,22). The number of aromatic nitrogens is 2. The van der Waals surface area contributed by atoms with Gasteiger partial charge in [0.2, 0.25) is 5.89 Å². The molecule has 0 bridgehead atoms. The molecule has 136 valence electrons. The van der Waals surface area contributed by atoms with Crippen LogP contribution in [-0.2, 0) is 17.8 Å². The summed E-state index contributed by atoms with van der Waals surface area (Å²) in [4.78, 5) is 2.47. The Kier molecular flexibility index (Phi) is 6.79. The molecule has 1 aromatic heterocycles. The van der Waals surface area contributed by atoms with E-state index in [0.29, 0.717) is 31.1 Å². The van der Waals surface area contributed by atoms with Crippen molar-refractivity contribution in [2.24, 2.45) is 0 Å². The number of ether oxygens (including phenoxy) is 1. The summed E-state index contributed by atoms with van der Waals surface area (Å²) in [7, 11) is 1.68. The molecular weight excluding hydrogens is 318 g/mol. The molecule has 0 radical (unpaired) electrons. The molecule has 2 heterocycles. The third kappa shape index (κ3) is 5.81. The summed E-state index contributed by atoms with van der Waals surface area (Å²) in [5.74, 6) is 0.593. The second kappa shape index (κ2) is 9.50. The third-order valence-corrected chi connectivity index (χ3v) is 4.31. The first-order chi connectivity index (χ1) is 12.3. The van der Waals surface area contributed by atoms with E-state index in [-0.39, 0.29) is 0 Å². The molecule has 3 rings (SSSR count). The van der Waals surface area contributed by atoms with Crippen LogP contribution in [0.3, 0.4) is 0 Å². The fraction of sp³-hybridized carbons (Fsp3) is 0.556. The third-order valence-electron chi connectivity index (χ3n) is 4.31. The van der Waals surface area contributed by atoms with Gasteiger partial charge in [-0.1, -0.05) is 35.4 Å². The number of nitrogens with one attached hydrogen (secondary N) is 2. The molecule has 7 heteroatoms. The van der Waals surface area contributed by atoms with Gasteiger partial charge in [-0.3, -0.25) is 4.90 Å². The molecule has 1 aliphatic heterocycles. The number of hydrogen-bond donors (Lipinski definition) is 2. The van der Waals surface area contributed by atoms with Crippen molar-refractivity contribution in [2.75, 3.05) is 38.7 Å². The SMILES string of the molecule is COCCNCc1nnc(NC2CCCN(Cc3ccccc3)C2)o1. The van der Waals surface area contributed by atoms with Crippen molar-refractivity contribution in [3.05, 3.63) is 41.8 Å². The first-order valence-corrected chi connectivity index (χ1v) is 8.88. The summed E-state index contributed by atoms with van der Waals surface area (Å²) in [6.45, 7) is 5.09. The number of likely N-dealkylation sites (tertiary alicyclic amines) is 1. The van der Waals surface area contributed by atoms with E-state index in [2.05, 4.69) is 56.1 Å². The van der Waals surface area contributed by atoms with Gasteiger partial charge in [0, 0.05) is 32.8 Å². The smallest absolute Gasteiger partial charge is 0.315 e. The Bertz CT molecular complexity index is 619. The number of anilines is 1. The molecule has 0 amide bonds. The predicted octanol–water partition coefficient (Wildman–Crippen LogP) is 1.88. The Labute approximate surface area is 148 Å². The lowest BCUT2D eigenvalue weighted by Gasteiger charge is -2.32. The van der Waals surface area contributed by atoms with Crippen molar-refractivity contribution in [3.63, 3.8) is 0 Å². The lowest BCUT2D eigenvalue weighted by atomic mass is 10.0. The summed E-state index contributed by atoms with van der Waals surface area (Å²) < 4.78 is 10.7. The first kappa shape index (κ1) is 17.8. The maximum absolute atomic E-state index is 5.66. The van der Waals surface area contributed by atoms with Gasteiger partial charge in [0.1, 0.15) is 0 Å². The van der Waals surface area contributed by atoms with Gasteiger partial charge in [-0.15, -0.1) is 5.10 Å². The van der Waals surface area contributed by atoms with E-state index in [1.807, 2.05) is 0 Å². The highest BCUT2D eigenvalue weighted by Crippen LogP contribution is 2.17. The van der Waals surface area contributed by atoms with Crippen LogP contribution in [0.4, 0.5) is 6.01 Å². The molecule has 2 aromatic rings. The van der Waals surface area contributed by atoms with Crippen LogP contribution in [-0.4, -0.2) is 54.5 Å². The Morgan fingerprint density at radius 2 is 2.16 bits per heavy atom. The number of benzene rings is 1. The summed E-state index contributed by atoms with van der Waals surface area (Å²) in [6, 6.07) is 11.4. The van der Waals surface area contributed by atoms with E-state index in [4.69, 9.17) is 9.15 Å². The first-order valence-electron chi connectivity index (χ1n) is 8.88. The largest absolute Gasteiger partial charge is 0.407 e. The molecule has 0 aliphatic carbocycles. The van der Waals surface area contributed by atoms with E-state index in [1.165, 1.54) is 12.0 Å². The number of methoxy groups -OCH3 is 1. The molecule has 25 heavy (non-hydrogen) atoms. The second-order valence-electron chi connectivity index (χ2n) is 6.37. The molecule has 1 atom stereocenters. The van der Waals surface area contributed by atoms with Gasteiger partial charge in [0.05, 0.1) is 13.2 Å². The number of piperidine rings is 1. The van der Waals surface area contributed by atoms with Gasteiger partial charge in [0.15, 0.2) is 0 Å². The van der Waals surface area contributed by atoms with E-state index in [0.717, 1.165) is 32.6 Å². The highest BCUT2D eigenvalue weighted by molar-refractivity contribution is 5.20. The molecule has 1 saturated heterocycles. The van der Waals surface area contributed by atoms with E-state index >= 15 is 0 Å². The fourth-order valence-electron chi connectivity index (χ4n) is 3.09. The second-order valence-corrected chi connectivity index (χ2v) is 6.37. The molecule has 1 aliphatic rings. The maximum atomic E-state index is 5.66. The summed E-state index contributed by atoms with van der Waals surface area (Å²) >= 11 is 0. The molecule has 1 fully saturated rings. The topological polar surface area (TPSA) is 75.5 Å². The minimum atomic E-state index is 0.340. The zero-order valence-corrected chi connectivity index (χ0v) is 14.8. The molecular formula is C18H27N5O2. The fourth-order valence-corrected chi connectivity index (χ4v) is 3.09. The van der Waals surface area contributed by atoms with Crippen molar-refractivity contribution < 1.29 is 9.15 Å². The van der Waals surface area contributed by atoms with Gasteiger partial charge < -0.3 is 19.8 Å². The van der Waals surface area contributed by atoms with Crippen LogP contribution in [0.5, 0.6) is 0 Å². The van der Waals surface area contributed by atoms with Crippen molar-refractivity contribution in [1.29, 1.82) is 0 Å². The van der Waals surface area contributed by atoms with E-state index < -0.39 is 0 Å². The van der Waals surface area contributed by atoms with E-state index in [1.54, 1.807) is 7.11 Å². The van der Waals surface area contributed by atoms with Crippen molar-refractivity contribution in [2.45, 2.75) is 32.0 Å². The Hall–Kier alpha value is -1.96. The van der Waals surface area contributed by atoms with Crippen LogP contribution in [0.1, 0.15) is 24.3 Å². The van der Waals surface area contributed by atoms with Crippen LogP contribution < -0.4 is 10.6 Å². The average molecular weight is 345 g/mol. The zero-order chi connectivity index (χ0) is 17.3. The van der Waals surface area contributed by atoms with Crippen molar-refractivity contribution >= 4 is 6.01 Å². The number of nitrogens with zero attached hydrogens (tertiary/aromatic N) is 3. The van der Waals surface area contributed by atoms with Crippen molar-refractivity contribution in [1.82, 2.24) is 20.4 Å². The van der Waals surface area contributed by atoms with Gasteiger partial charge in [0.25, 0.3) is 0 Å². The average Bonchev–Trinajstić information content (AvgIpc) is 3.07. The van der Waals surface area contributed by atoms with Gasteiger partial charge in [-0.2, -0.15) is 0 Å². The monoisotopic (exact) mass is 345 g/mol. The van der Waals surface area contributed by atoms with Crippen LogP contribution >= 0.6 is 0 Å². The summed E-state index contributed by atoms with van der Waals surface area (Å²) in [5.41, 5.74) is 1.35. The molecule has 2 N–H and O–H groups in total. The van der Waals surface area contributed by atoms with Gasteiger partial charge in [-0.05, 0) is 24.9 Å². The Morgan fingerprint density at radius 3 is 3.00 bits per heavy atom. The molecule has 7 nitrogen and oxygen atoms in total. The number of hydrogen-bond acceptors (Lipinski definition) is 7. The summed E-state index contributed by atoms with van der Waals surface area (Å²) in [6.07, 6.45) is 2.29. The lowest BCUT2D eigenvalue weighted by Crippen LogP contribution is -2.41. The van der Waals surface area contributed by atoms with Crippen LogP contribution in [0, 0.1) is 0 Å².